The van der Waals surface area contributed by atoms with Crippen LogP contribution in [-0.2, 0) is 4.79 Å². The SMILES string of the molecule is O=C(C=Cc1ccc(-c2csc(NC(=O)c3ccc(N4CCNCC4)cc3)n2)cc1)NO. The Morgan fingerprint density at radius 1 is 1.06 bits per heavy atom. The van der Waals surface area contributed by atoms with E-state index >= 15 is 0 Å². The van der Waals surface area contributed by atoms with Crippen LogP contribution in [0.5, 0.6) is 0 Å². The van der Waals surface area contributed by atoms with E-state index in [1.807, 2.05) is 53.9 Å². The fourth-order valence-electron chi connectivity index (χ4n) is 3.35. The molecule has 1 saturated heterocycles. The predicted molar refractivity (Wildman–Crippen MR) is 126 cm³/mol. The molecule has 0 bridgehead atoms. The molecular formula is C23H23N5O3S. The Hall–Kier alpha value is -3.53. The van der Waals surface area contributed by atoms with Gasteiger partial charge in [0.15, 0.2) is 5.13 Å². The number of benzene rings is 2. The molecule has 0 radical (unpaired) electrons. The number of anilines is 2. The van der Waals surface area contributed by atoms with E-state index in [0.29, 0.717) is 10.7 Å². The molecule has 0 atom stereocenters. The van der Waals surface area contributed by atoms with Crippen molar-refractivity contribution in [3.8, 4) is 11.3 Å². The monoisotopic (exact) mass is 449 g/mol. The number of aromatic nitrogens is 1. The molecular weight excluding hydrogens is 426 g/mol. The van der Waals surface area contributed by atoms with Gasteiger partial charge < -0.3 is 10.2 Å². The van der Waals surface area contributed by atoms with Gasteiger partial charge in [-0.15, -0.1) is 11.3 Å². The van der Waals surface area contributed by atoms with Gasteiger partial charge in [-0.2, -0.15) is 0 Å². The fourth-order valence-corrected chi connectivity index (χ4v) is 4.07. The summed E-state index contributed by atoms with van der Waals surface area (Å²) in [6.07, 6.45) is 2.83. The Morgan fingerprint density at radius 2 is 1.78 bits per heavy atom. The topological polar surface area (TPSA) is 107 Å². The van der Waals surface area contributed by atoms with E-state index in [9.17, 15) is 9.59 Å². The Labute approximate surface area is 189 Å². The van der Waals surface area contributed by atoms with Crippen molar-refractivity contribution in [2.75, 3.05) is 36.4 Å². The third kappa shape index (κ3) is 5.38. The maximum atomic E-state index is 12.6. The van der Waals surface area contributed by atoms with E-state index in [1.165, 1.54) is 17.4 Å². The molecule has 0 unspecified atom stereocenters. The summed E-state index contributed by atoms with van der Waals surface area (Å²) in [6.45, 7) is 3.86. The highest BCUT2D eigenvalue weighted by atomic mass is 32.1. The molecule has 1 aliphatic rings. The first-order chi connectivity index (χ1) is 15.6. The lowest BCUT2D eigenvalue weighted by Gasteiger charge is -2.29. The molecule has 1 fully saturated rings. The molecule has 1 aliphatic heterocycles. The average Bonchev–Trinajstić information content (AvgIpc) is 3.32. The van der Waals surface area contributed by atoms with Crippen molar-refractivity contribution in [1.29, 1.82) is 0 Å². The van der Waals surface area contributed by atoms with Crippen molar-refractivity contribution in [2.24, 2.45) is 0 Å². The number of hydrogen-bond donors (Lipinski definition) is 4. The van der Waals surface area contributed by atoms with Gasteiger partial charge in [0.25, 0.3) is 11.8 Å². The summed E-state index contributed by atoms with van der Waals surface area (Å²) in [4.78, 5) is 30.5. The highest BCUT2D eigenvalue weighted by Crippen LogP contribution is 2.26. The van der Waals surface area contributed by atoms with Gasteiger partial charge in [0.05, 0.1) is 5.69 Å². The first-order valence-corrected chi connectivity index (χ1v) is 11.1. The van der Waals surface area contributed by atoms with Crippen LogP contribution in [0, 0.1) is 0 Å². The van der Waals surface area contributed by atoms with Crippen LogP contribution in [0.1, 0.15) is 15.9 Å². The van der Waals surface area contributed by atoms with E-state index in [1.54, 1.807) is 11.6 Å². The molecule has 4 rings (SSSR count). The van der Waals surface area contributed by atoms with E-state index in [4.69, 9.17) is 5.21 Å². The third-order valence-corrected chi connectivity index (χ3v) is 5.84. The second-order valence-electron chi connectivity index (χ2n) is 7.21. The first kappa shape index (κ1) is 21.7. The summed E-state index contributed by atoms with van der Waals surface area (Å²) in [5.41, 5.74) is 5.71. The Morgan fingerprint density at radius 3 is 2.47 bits per heavy atom. The largest absolute Gasteiger partial charge is 0.369 e. The number of piperazine rings is 1. The zero-order valence-electron chi connectivity index (χ0n) is 17.2. The molecule has 1 aromatic heterocycles. The van der Waals surface area contributed by atoms with Crippen molar-refractivity contribution in [3.05, 3.63) is 71.1 Å². The lowest BCUT2D eigenvalue weighted by Crippen LogP contribution is -2.43. The van der Waals surface area contributed by atoms with Crippen molar-refractivity contribution in [1.82, 2.24) is 15.8 Å². The van der Waals surface area contributed by atoms with Gasteiger partial charge in [-0.05, 0) is 35.9 Å². The third-order valence-electron chi connectivity index (χ3n) is 5.08. The minimum absolute atomic E-state index is 0.194. The minimum Gasteiger partial charge on any atom is -0.369 e. The maximum Gasteiger partial charge on any atom is 0.267 e. The number of amides is 2. The molecule has 0 saturated carbocycles. The highest BCUT2D eigenvalue weighted by Gasteiger charge is 2.13. The van der Waals surface area contributed by atoms with Crippen LogP contribution in [0.2, 0.25) is 0 Å². The van der Waals surface area contributed by atoms with Gasteiger partial charge in [-0.3, -0.25) is 20.1 Å². The highest BCUT2D eigenvalue weighted by molar-refractivity contribution is 7.14. The number of nitrogens with one attached hydrogen (secondary N) is 3. The maximum absolute atomic E-state index is 12.6. The van der Waals surface area contributed by atoms with Crippen LogP contribution < -0.4 is 21.0 Å². The Kier molecular flexibility index (Phi) is 6.90. The number of thiazole rings is 1. The summed E-state index contributed by atoms with van der Waals surface area (Å²) < 4.78 is 0. The summed E-state index contributed by atoms with van der Waals surface area (Å²) in [6, 6.07) is 15.1. The fraction of sp³-hybridized carbons (Fsp3) is 0.174. The molecule has 0 spiro atoms. The molecule has 2 amide bonds. The number of carbonyl (C=O) groups excluding carboxylic acids is 2. The number of hydrogen-bond acceptors (Lipinski definition) is 7. The van der Waals surface area contributed by atoms with Crippen molar-refractivity contribution in [2.45, 2.75) is 0 Å². The van der Waals surface area contributed by atoms with Gasteiger partial charge in [0, 0.05) is 54.4 Å². The van der Waals surface area contributed by atoms with Crippen LogP contribution in [0.25, 0.3) is 17.3 Å². The Bertz CT molecular complexity index is 1100. The van der Waals surface area contributed by atoms with Gasteiger partial charge >= 0.3 is 0 Å². The standard InChI is InChI=1S/C23H23N5O3S/c29-21(27-31)10-3-16-1-4-17(5-2-16)20-15-32-23(25-20)26-22(30)18-6-8-19(9-7-18)28-13-11-24-12-14-28/h1-10,15,24,31H,11-14H2,(H,27,29)(H,25,26,30). The zero-order valence-corrected chi connectivity index (χ0v) is 18.1. The van der Waals surface area contributed by atoms with Crippen molar-refractivity contribution < 1.29 is 14.8 Å². The first-order valence-electron chi connectivity index (χ1n) is 10.2. The smallest absolute Gasteiger partial charge is 0.267 e. The lowest BCUT2D eigenvalue weighted by atomic mass is 10.1. The quantitative estimate of drug-likeness (QED) is 0.262. The molecule has 164 valence electrons. The van der Waals surface area contributed by atoms with E-state index in [-0.39, 0.29) is 5.91 Å². The molecule has 3 aromatic rings. The minimum atomic E-state index is -0.590. The van der Waals surface area contributed by atoms with Crippen molar-refractivity contribution >= 4 is 40.0 Å². The van der Waals surface area contributed by atoms with Crippen molar-refractivity contribution in [3.63, 3.8) is 0 Å². The summed E-state index contributed by atoms with van der Waals surface area (Å²) in [5, 5.41) is 17.1. The zero-order chi connectivity index (χ0) is 22.3. The summed E-state index contributed by atoms with van der Waals surface area (Å²) >= 11 is 1.36. The van der Waals surface area contributed by atoms with Crippen LogP contribution in [0.3, 0.4) is 0 Å². The van der Waals surface area contributed by atoms with E-state index < -0.39 is 5.91 Å². The van der Waals surface area contributed by atoms with E-state index in [0.717, 1.165) is 48.7 Å². The second kappa shape index (κ2) is 10.2. The molecule has 2 heterocycles. The van der Waals surface area contributed by atoms with Crippen LogP contribution in [0.15, 0.2) is 60.0 Å². The Balaban J connectivity index is 1.38. The predicted octanol–water partition coefficient (Wildman–Crippen LogP) is 2.99. The number of hydroxylamine groups is 1. The van der Waals surface area contributed by atoms with Gasteiger partial charge in [-0.25, -0.2) is 10.5 Å². The van der Waals surface area contributed by atoms with Crippen LogP contribution in [0.4, 0.5) is 10.8 Å². The molecule has 0 aliphatic carbocycles. The molecule has 8 nitrogen and oxygen atoms in total. The van der Waals surface area contributed by atoms with Crippen LogP contribution >= 0.6 is 11.3 Å². The molecule has 9 heteroatoms. The number of carbonyl (C=O) groups is 2. The van der Waals surface area contributed by atoms with Gasteiger partial charge in [0.1, 0.15) is 0 Å². The lowest BCUT2D eigenvalue weighted by molar-refractivity contribution is -0.124. The summed E-state index contributed by atoms with van der Waals surface area (Å²) in [5.74, 6) is -0.784. The van der Waals surface area contributed by atoms with E-state index in [2.05, 4.69) is 20.5 Å². The number of rotatable bonds is 6. The van der Waals surface area contributed by atoms with Gasteiger partial charge in [0.2, 0.25) is 0 Å². The van der Waals surface area contributed by atoms with Crippen LogP contribution in [-0.4, -0.2) is 48.2 Å². The molecule has 4 N–H and O–H groups in total. The average molecular weight is 450 g/mol. The molecule has 32 heavy (non-hydrogen) atoms. The van der Waals surface area contributed by atoms with Gasteiger partial charge in [-0.1, -0.05) is 24.3 Å². The second-order valence-corrected chi connectivity index (χ2v) is 8.07. The molecule has 2 aromatic carbocycles. The summed E-state index contributed by atoms with van der Waals surface area (Å²) in [7, 11) is 0. The normalized spacial score (nSPS) is 13.8. The number of nitrogens with zero attached hydrogens (tertiary/aromatic N) is 2.